The molecule has 1 amide bonds. The van der Waals surface area contributed by atoms with E-state index in [4.69, 9.17) is 13.9 Å². The van der Waals surface area contributed by atoms with Crippen LogP contribution in [-0.2, 0) is 9.53 Å². The molecule has 2 aromatic carbocycles. The zero-order valence-corrected chi connectivity index (χ0v) is 18.7. The number of carbonyl (C=O) groups excluding carboxylic acids is 2. The molecule has 1 aromatic heterocycles. The number of ether oxygens (including phenoxy) is 2. The molecule has 1 N–H and O–H groups in total. The molecule has 162 valence electrons. The molecule has 1 heterocycles. The average molecular weight is 421 g/mol. The molecule has 3 aromatic rings. The van der Waals surface area contributed by atoms with Crippen molar-refractivity contribution in [2.24, 2.45) is 0 Å². The van der Waals surface area contributed by atoms with Crippen molar-refractivity contribution in [3.63, 3.8) is 0 Å². The van der Waals surface area contributed by atoms with Crippen molar-refractivity contribution in [3.8, 4) is 5.75 Å². The lowest BCUT2D eigenvalue weighted by molar-refractivity contribution is -0.111. The first-order chi connectivity index (χ1) is 14.8. The van der Waals surface area contributed by atoms with E-state index < -0.39 is 5.97 Å². The molecule has 3 rings (SSSR count). The Bertz CT molecular complexity index is 1170. The van der Waals surface area contributed by atoms with E-state index in [1.807, 2.05) is 33.8 Å². The topological polar surface area (TPSA) is 77.8 Å². The number of aryl methyl sites for hydroxylation is 3. The minimum absolute atomic E-state index is 0.277. The molecule has 6 heteroatoms. The van der Waals surface area contributed by atoms with E-state index in [0.717, 1.165) is 39.0 Å². The predicted molar refractivity (Wildman–Crippen MR) is 122 cm³/mol. The van der Waals surface area contributed by atoms with Crippen molar-refractivity contribution in [1.29, 1.82) is 0 Å². The Hall–Kier alpha value is -3.54. The van der Waals surface area contributed by atoms with Gasteiger partial charge in [0.1, 0.15) is 17.1 Å². The SMILES string of the molecule is CCOC(=O)c1ccc(NC(=O)/C=C(\C)c2cc3c(C)c(C)oc3c(C)c2OC)cc1. The largest absolute Gasteiger partial charge is 0.496 e. The molecule has 0 saturated carbocycles. The molecule has 0 aliphatic rings. The standard InChI is InChI=1S/C25H27NO5/c1-7-30-25(28)18-8-10-19(11-9-18)26-22(27)12-14(2)20-13-21-15(3)17(5)31-24(21)16(4)23(20)29-6/h8-13H,7H2,1-6H3,(H,26,27)/b14-12+. The highest BCUT2D eigenvalue weighted by Crippen LogP contribution is 2.38. The number of carbonyl (C=O) groups is 2. The van der Waals surface area contributed by atoms with E-state index in [2.05, 4.69) is 5.32 Å². The van der Waals surface area contributed by atoms with Gasteiger partial charge in [0.2, 0.25) is 5.91 Å². The van der Waals surface area contributed by atoms with Crippen molar-refractivity contribution in [2.75, 3.05) is 19.0 Å². The summed E-state index contributed by atoms with van der Waals surface area (Å²) in [5.41, 5.74) is 5.39. The van der Waals surface area contributed by atoms with Crippen LogP contribution in [0.15, 0.2) is 40.8 Å². The van der Waals surface area contributed by atoms with Crippen LogP contribution < -0.4 is 10.1 Å². The molecule has 6 nitrogen and oxygen atoms in total. The Labute approximate surface area is 181 Å². The highest BCUT2D eigenvalue weighted by Gasteiger charge is 2.18. The summed E-state index contributed by atoms with van der Waals surface area (Å²) in [5.74, 6) is 0.879. The molecule has 0 atom stereocenters. The Kier molecular flexibility index (Phi) is 6.49. The second-order valence-corrected chi connectivity index (χ2v) is 7.36. The molecular formula is C25H27NO5. The molecule has 0 fully saturated rings. The van der Waals surface area contributed by atoms with Crippen LogP contribution in [0, 0.1) is 20.8 Å². The molecule has 0 radical (unpaired) electrons. The van der Waals surface area contributed by atoms with E-state index in [0.29, 0.717) is 23.6 Å². The van der Waals surface area contributed by atoms with Crippen molar-refractivity contribution >= 4 is 34.1 Å². The second-order valence-electron chi connectivity index (χ2n) is 7.36. The zero-order chi connectivity index (χ0) is 22.7. The number of benzene rings is 2. The average Bonchev–Trinajstić information content (AvgIpc) is 3.03. The summed E-state index contributed by atoms with van der Waals surface area (Å²) in [6.07, 6.45) is 1.53. The summed E-state index contributed by atoms with van der Waals surface area (Å²) in [6.45, 7) is 9.84. The fourth-order valence-electron chi connectivity index (χ4n) is 3.52. The smallest absolute Gasteiger partial charge is 0.338 e. The number of esters is 1. The third-order valence-corrected chi connectivity index (χ3v) is 5.29. The number of fused-ring (bicyclic) bond motifs is 1. The van der Waals surface area contributed by atoms with E-state index in [1.165, 1.54) is 6.08 Å². The molecule has 0 bridgehead atoms. The lowest BCUT2D eigenvalue weighted by atomic mass is 9.98. The zero-order valence-electron chi connectivity index (χ0n) is 18.7. The number of amides is 1. The minimum atomic E-state index is -0.390. The van der Waals surface area contributed by atoms with Gasteiger partial charge in [0.15, 0.2) is 0 Å². The number of anilines is 1. The van der Waals surface area contributed by atoms with E-state index in [1.54, 1.807) is 38.3 Å². The lowest BCUT2D eigenvalue weighted by Gasteiger charge is -2.13. The number of rotatable bonds is 6. The van der Waals surface area contributed by atoms with Gasteiger partial charge in [-0.05, 0) is 76.1 Å². The summed E-state index contributed by atoms with van der Waals surface area (Å²) in [7, 11) is 1.61. The van der Waals surface area contributed by atoms with E-state index in [-0.39, 0.29) is 5.91 Å². The summed E-state index contributed by atoms with van der Waals surface area (Å²) in [5, 5.41) is 3.83. The highest BCUT2D eigenvalue weighted by atomic mass is 16.5. The normalized spacial score (nSPS) is 11.5. The summed E-state index contributed by atoms with van der Waals surface area (Å²) < 4.78 is 16.5. The quantitative estimate of drug-likeness (QED) is 0.415. The van der Waals surface area contributed by atoms with Gasteiger partial charge in [-0.25, -0.2) is 4.79 Å². The minimum Gasteiger partial charge on any atom is -0.496 e. The number of nitrogens with one attached hydrogen (secondary N) is 1. The van der Waals surface area contributed by atoms with Crippen LogP contribution in [0.3, 0.4) is 0 Å². The van der Waals surface area contributed by atoms with Gasteiger partial charge in [-0.1, -0.05) is 0 Å². The highest BCUT2D eigenvalue weighted by molar-refractivity contribution is 6.05. The van der Waals surface area contributed by atoms with Crippen LogP contribution in [0.1, 0.15) is 46.7 Å². The molecule has 0 spiro atoms. The number of hydrogen-bond acceptors (Lipinski definition) is 5. The number of allylic oxidation sites excluding steroid dienone is 1. The first-order valence-corrected chi connectivity index (χ1v) is 10.1. The van der Waals surface area contributed by atoms with Gasteiger partial charge >= 0.3 is 5.97 Å². The summed E-state index contributed by atoms with van der Waals surface area (Å²) >= 11 is 0. The number of methoxy groups -OCH3 is 1. The first kappa shape index (κ1) is 22.2. The maximum Gasteiger partial charge on any atom is 0.338 e. The van der Waals surface area contributed by atoms with Gasteiger partial charge in [0.05, 0.1) is 19.3 Å². The van der Waals surface area contributed by atoms with Crippen molar-refractivity contribution < 1.29 is 23.5 Å². The number of hydrogen-bond donors (Lipinski definition) is 1. The molecular weight excluding hydrogens is 394 g/mol. The van der Waals surface area contributed by atoms with Gasteiger partial charge in [0.25, 0.3) is 0 Å². The maximum absolute atomic E-state index is 12.6. The van der Waals surface area contributed by atoms with Crippen LogP contribution in [0.25, 0.3) is 16.5 Å². The Morgan fingerprint density at radius 3 is 2.39 bits per heavy atom. The Morgan fingerprint density at radius 1 is 1.10 bits per heavy atom. The first-order valence-electron chi connectivity index (χ1n) is 10.1. The summed E-state index contributed by atoms with van der Waals surface area (Å²) in [4.78, 5) is 24.3. The van der Waals surface area contributed by atoms with Gasteiger partial charge in [-0.15, -0.1) is 0 Å². The van der Waals surface area contributed by atoms with E-state index >= 15 is 0 Å². The monoisotopic (exact) mass is 421 g/mol. The third-order valence-electron chi connectivity index (χ3n) is 5.29. The predicted octanol–water partition coefficient (Wildman–Crippen LogP) is 5.59. The second kappa shape index (κ2) is 9.08. The van der Waals surface area contributed by atoms with Crippen molar-refractivity contribution in [2.45, 2.75) is 34.6 Å². The van der Waals surface area contributed by atoms with Crippen LogP contribution >= 0.6 is 0 Å². The van der Waals surface area contributed by atoms with Crippen LogP contribution in [0.4, 0.5) is 5.69 Å². The molecule has 0 unspecified atom stereocenters. The fourth-order valence-corrected chi connectivity index (χ4v) is 3.52. The molecule has 31 heavy (non-hydrogen) atoms. The van der Waals surface area contributed by atoms with Crippen LogP contribution in [-0.4, -0.2) is 25.6 Å². The third kappa shape index (κ3) is 4.48. The number of furan rings is 1. The van der Waals surface area contributed by atoms with Crippen molar-refractivity contribution in [3.05, 3.63) is 64.4 Å². The van der Waals surface area contributed by atoms with Crippen LogP contribution in [0.2, 0.25) is 0 Å². The van der Waals surface area contributed by atoms with Gasteiger partial charge in [-0.3, -0.25) is 4.79 Å². The van der Waals surface area contributed by atoms with Crippen molar-refractivity contribution in [1.82, 2.24) is 0 Å². The molecule has 0 saturated heterocycles. The van der Waals surface area contributed by atoms with E-state index in [9.17, 15) is 9.59 Å². The Morgan fingerprint density at radius 2 is 1.77 bits per heavy atom. The van der Waals surface area contributed by atoms with Gasteiger partial charge < -0.3 is 19.2 Å². The summed E-state index contributed by atoms with van der Waals surface area (Å²) in [6, 6.07) is 8.58. The molecule has 0 aliphatic heterocycles. The van der Waals surface area contributed by atoms with Gasteiger partial charge in [0, 0.05) is 28.3 Å². The fraction of sp³-hybridized carbons (Fsp3) is 0.280. The van der Waals surface area contributed by atoms with Gasteiger partial charge in [-0.2, -0.15) is 0 Å². The molecule has 0 aliphatic carbocycles. The lowest BCUT2D eigenvalue weighted by Crippen LogP contribution is -2.09. The Balaban J connectivity index is 1.87. The maximum atomic E-state index is 12.6. The van der Waals surface area contributed by atoms with Crippen LogP contribution in [0.5, 0.6) is 5.75 Å².